The summed E-state index contributed by atoms with van der Waals surface area (Å²) in [4.78, 5) is 4.34. The molecule has 0 saturated carbocycles. The highest BCUT2D eigenvalue weighted by Gasteiger charge is 1.97. The van der Waals surface area contributed by atoms with Crippen molar-refractivity contribution in [1.82, 2.24) is 19.0 Å². The average Bonchev–Trinajstić information content (AvgIpc) is 3.03. The molecule has 0 aliphatic carbocycles. The van der Waals surface area contributed by atoms with Crippen molar-refractivity contribution in [2.75, 3.05) is 0 Å². The van der Waals surface area contributed by atoms with E-state index in [9.17, 15) is 0 Å². The summed E-state index contributed by atoms with van der Waals surface area (Å²) >= 11 is 0. The number of imidazole rings is 1. The van der Waals surface area contributed by atoms with Gasteiger partial charge in [-0.25, -0.2) is 9.50 Å². The lowest BCUT2D eigenvalue weighted by Crippen LogP contribution is -1.91. The topological polar surface area (TPSA) is 34.6 Å². The molecule has 0 spiro atoms. The summed E-state index contributed by atoms with van der Waals surface area (Å²) in [6.07, 6.45) is 2.05. The van der Waals surface area contributed by atoms with Crippen molar-refractivity contribution in [1.29, 1.82) is 0 Å². The quantitative estimate of drug-likeness (QED) is 0.492. The first-order valence-corrected chi connectivity index (χ1v) is 7.38. The number of aryl methyl sites for hydroxylation is 4. The molecule has 0 amide bonds. The van der Waals surface area contributed by atoms with Gasteiger partial charge in [-0.2, -0.15) is 5.10 Å². The highest BCUT2D eigenvalue weighted by atomic mass is 15.2. The van der Waals surface area contributed by atoms with Crippen LogP contribution >= 0.6 is 0 Å². The summed E-state index contributed by atoms with van der Waals surface area (Å²) in [7, 11) is 0. The number of hydrogen-bond acceptors (Lipinski definition) is 2. The van der Waals surface area contributed by atoms with Crippen LogP contribution in [0.5, 0.6) is 0 Å². The number of rotatable bonds is 0. The minimum atomic E-state index is 1.03. The molecule has 4 rings (SSSR count). The fourth-order valence-corrected chi connectivity index (χ4v) is 2.55. The van der Waals surface area contributed by atoms with Gasteiger partial charge in [-0.1, -0.05) is 12.1 Å². The van der Waals surface area contributed by atoms with E-state index in [-0.39, 0.29) is 0 Å². The normalized spacial score (nSPS) is 10.7. The Kier molecular flexibility index (Phi) is 3.67. The third-order valence-corrected chi connectivity index (χ3v) is 3.61. The molecule has 0 N–H and O–H groups in total. The van der Waals surface area contributed by atoms with Crippen LogP contribution in [0.15, 0.2) is 48.7 Å². The molecule has 0 fully saturated rings. The maximum absolute atomic E-state index is 4.34. The van der Waals surface area contributed by atoms with Gasteiger partial charge in [0.05, 0.1) is 16.9 Å². The predicted octanol–water partition coefficient (Wildman–Crippen LogP) is 3.90. The van der Waals surface area contributed by atoms with Crippen molar-refractivity contribution in [3.05, 3.63) is 71.4 Å². The van der Waals surface area contributed by atoms with Gasteiger partial charge in [0.15, 0.2) is 0 Å². The van der Waals surface area contributed by atoms with Crippen LogP contribution in [0.2, 0.25) is 0 Å². The second-order valence-corrected chi connectivity index (χ2v) is 5.57. The summed E-state index contributed by atoms with van der Waals surface area (Å²) < 4.78 is 4.05. The second kappa shape index (κ2) is 5.64. The molecular weight excluding hydrogens is 272 g/mol. The van der Waals surface area contributed by atoms with Crippen LogP contribution in [0.1, 0.15) is 22.8 Å². The van der Waals surface area contributed by atoms with Crippen LogP contribution in [0.4, 0.5) is 0 Å². The largest absolute Gasteiger partial charge is 0.304 e. The van der Waals surface area contributed by atoms with Crippen molar-refractivity contribution >= 4 is 11.2 Å². The maximum Gasteiger partial charge on any atom is 0.137 e. The molecule has 0 aliphatic rings. The lowest BCUT2D eigenvalue weighted by molar-refractivity contribution is 0.894. The monoisotopic (exact) mass is 292 g/mol. The lowest BCUT2D eigenvalue weighted by Gasteiger charge is -1.95. The van der Waals surface area contributed by atoms with E-state index in [2.05, 4.69) is 52.6 Å². The van der Waals surface area contributed by atoms with E-state index < -0.39 is 0 Å². The van der Waals surface area contributed by atoms with E-state index in [1.165, 1.54) is 16.9 Å². The minimum Gasteiger partial charge on any atom is -0.304 e. The Bertz CT molecular complexity index is 853. The number of nitrogens with zero attached hydrogens (tertiary/aromatic N) is 4. The van der Waals surface area contributed by atoms with Crippen LogP contribution in [-0.4, -0.2) is 19.0 Å². The summed E-state index contributed by atoms with van der Waals surface area (Å²) in [6, 6.07) is 14.4. The Balaban J connectivity index is 0.000000131. The molecule has 0 saturated heterocycles. The standard InChI is InChI=1S/2C9H10N2/c1-7-6-11-8(2)4-3-5-9(11)10-7;1-7-6-9-5-3-4-8(2)11(9)10-7/h2*3-6H,1-2H3. The zero-order valence-corrected chi connectivity index (χ0v) is 13.4. The highest BCUT2D eigenvalue weighted by Crippen LogP contribution is 2.08. The van der Waals surface area contributed by atoms with Crippen molar-refractivity contribution in [3.8, 4) is 0 Å². The van der Waals surface area contributed by atoms with Gasteiger partial charge in [-0.3, -0.25) is 0 Å². The first-order chi connectivity index (χ1) is 10.5. The van der Waals surface area contributed by atoms with Crippen LogP contribution in [-0.2, 0) is 0 Å². The first kappa shape index (κ1) is 14.3. The van der Waals surface area contributed by atoms with Gasteiger partial charge in [-0.15, -0.1) is 0 Å². The van der Waals surface area contributed by atoms with Crippen molar-refractivity contribution in [2.45, 2.75) is 27.7 Å². The predicted molar refractivity (Wildman–Crippen MR) is 89.3 cm³/mol. The smallest absolute Gasteiger partial charge is 0.137 e. The van der Waals surface area contributed by atoms with E-state index >= 15 is 0 Å². The Hall–Kier alpha value is -2.62. The molecule has 22 heavy (non-hydrogen) atoms. The Labute approximate surface area is 130 Å². The second-order valence-electron chi connectivity index (χ2n) is 5.57. The van der Waals surface area contributed by atoms with Crippen molar-refractivity contribution < 1.29 is 0 Å². The van der Waals surface area contributed by atoms with E-state index in [1.807, 2.05) is 42.8 Å². The number of pyridine rings is 2. The summed E-state index contributed by atoms with van der Waals surface area (Å²) in [5, 5.41) is 4.33. The van der Waals surface area contributed by atoms with Gasteiger partial charge >= 0.3 is 0 Å². The van der Waals surface area contributed by atoms with E-state index in [0.717, 1.165) is 17.0 Å². The van der Waals surface area contributed by atoms with E-state index in [0.29, 0.717) is 0 Å². The average molecular weight is 292 g/mol. The van der Waals surface area contributed by atoms with Crippen molar-refractivity contribution in [3.63, 3.8) is 0 Å². The summed E-state index contributed by atoms with van der Waals surface area (Å²) in [5.41, 5.74) is 6.74. The van der Waals surface area contributed by atoms with E-state index in [1.54, 1.807) is 0 Å². The van der Waals surface area contributed by atoms with Crippen LogP contribution in [0.25, 0.3) is 11.2 Å². The van der Waals surface area contributed by atoms with Gasteiger partial charge in [0.25, 0.3) is 0 Å². The molecule has 4 nitrogen and oxygen atoms in total. The minimum absolute atomic E-state index is 1.03. The Morgan fingerprint density at radius 3 is 2.27 bits per heavy atom. The molecule has 0 atom stereocenters. The number of aromatic nitrogens is 4. The molecule has 112 valence electrons. The SMILES string of the molecule is Cc1cc2cccc(C)n2n1.Cc1cn2c(C)cccc2n1. The zero-order chi connectivity index (χ0) is 15.7. The fourth-order valence-electron chi connectivity index (χ4n) is 2.55. The van der Waals surface area contributed by atoms with Crippen LogP contribution in [0, 0.1) is 27.7 Å². The van der Waals surface area contributed by atoms with Gasteiger partial charge in [-0.05, 0) is 58.0 Å². The third kappa shape index (κ3) is 2.72. The molecule has 0 aliphatic heterocycles. The summed E-state index contributed by atoms with van der Waals surface area (Å²) in [6.45, 7) is 8.15. The van der Waals surface area contributed by atoms with Crippen LogP contribution < -0.4 is 0 Å². The van der Waals surface area contributed by atoms with Crippen LogP contribution in [0.3, 0.4) is 0 Å². The Morgan fingerprint density at radius 2 is 1.55 bits per heavy atom. The molecule has 0 radical (unpaired) electrons. The number of fused-ring (bicyclic) bond motifs is 2. The van der Waals surface area contributed by atoms with E-state index in [4.69, 9.17) is 0 Å². The maximum atomic E-state index is 4.34. The summed E-state index contributed by atoms with van der Waals surface area (Å²) in [5.74, 6) is 0. The molecular formula is C18H20N4. The molecule has 4 heteroatoms. The van der Waals surface area contributed by atoms with Gasteiger partial charge in [0.2, 0.25) is 0 Å². The Morgan fingerprint density at radius 1 is 0.818 bits per heavy atom. The molecule has 0 aromatic carbocycles. The third-order valence-electron chi connectivity index (χ3n) is 3.61. The van der Waals surface area contributed by atoms with Gasteiger partial charge < -0.3 is 4.40 Å². The zero-order valence-electron chi connectivity index (χ0n) is 13.4. The molecule has 4 heterocycles. The molecule has 0 bridgehead atoms. The first-order valence-electron chi connectivity index (χ1n) is 7.38. The lowest BCUT2D eigenvalue weighted by atomic mass is 10.3. The molecule has 4 aromatic heterocycles. The fraction of sp³-hybridized carbons (Fsp3) is 0.222. The molecule has 0 unspecified atom stereocenters. The van der Waals surface area contributed by atoms with Crippen molar-refractivity contribution in [2.24, 2.45) is 0 Å². The molecule has 4 aromatic rings. The van der Waals surface area contributed by atoms with Gasteiger partial charge in [0, 0.05) is 17.6 Å². The van der Waals surface area contributed by atoms with Gasteiger partial charge in [0.1, 0.15) is 5.65 Å². The number of hydrogen-bond donors (Lipinski definition) is 0. The highest BCUT2D eigenvalue weighted by molar-refractivity contribution is 5.48.